The third kappa shape index (κ3) is 2.33. The Labute approximate surface area is 115 Å². The van der Waals surface area contributed by atoms with Crippen molar-refractivity contribution in [1.29, 1.82) is 0 Å². The lowest BCUT2D eigenvalue weighted by atomic mass is 10.1. The van der Waals surface area contributed by atoms with Gasteiger partial charge >= 0.3 is 0 Å². The molecule has 0 aliphatic rings. The van der Waals surface area contributed by atoms with Crippen LogP contribution in [-0.2, 0) is 0 Å². The number of para-hydroxylation sites is 1. The normalized spacial score (nSPS) is 10.6. The number of benzene rings is 2. The minimum atomic E-state index is 0.375. The number of hydrazine groups is 1. The van der Waals surface area contributed by atoms with E-state index in [0.29, 0.717) is 5.11 Å². The van der Waals surface area contributed by atoms with Crippen molar-refractivity contribution in [2.45, 2.75) is 0 Å². The molecule has 0 fully saturated rings. The number of rotatable bonds is 1. The third-order valence-electron chi connectivity index (χ3n) is 2.91. The molecule has 1 aromatic heterocycles. The summed E-state index contributed by atoms with van der Waals surface area (Å²) in [5.74, 6) is 5.24. The van der Waals surface area contributed by atoms with Gasteiger partial charge in [0.1, 0.15) is 0 Å². The van der Waals surface area contributed by atoms with Crippen molar-refractivity contribution in [2.24, 2.45) is 5.84 Å². The summed E-state index contributed by atoms with van der Waals surface area (Å²) in [5.41, 5.74) is 5.15. The van der Waals surface area contributed by atoms with E-state index in [4.69, 9.17) is 18.1 Å². The van der Waals surface area contributed by atoms with Gasteiger partial charge < -0.3 is 10.7 Å². The Morgan fingerprint density at radius 3 is 2.63 bits per heavy atom. The molecule has 2 aromatic carbocycles. The molecule has 0 bridgehead atoms. The maximum absolute atomic E-state index is 5.24. The lowest BCUT2D eigenvalue weighted by Crippen LogP contribution is -2.34. The van der Waals surface area contributed by atoms with Gasteiger partial charge in [0, 0.05) is 16.5 Å². The van der Waals surface area contributed by atoms with Crippen LogP contribution in [0.25, 0.3) is 21.8 Å². The molecule has 0 saturated carbocycles. The lowest BCUT2D eigenvalue weighted by molar-refractivity contribution is 1.04. The highest BCUT2D eigenvalue weighted by atomic mass is 32.1. The van der Waals surface area contributed by atoms with Crippen molar-refractivity contribution in [2.75, 3.05) is 5.32 Å². The van der Waals surface area contributed by atoms with Gasteiger partial charge in [-0.3, -0.25) is 0 Å². The smallest absolute Gasteiger partial charge is 0.185 e. The first-order valence-corrected chi connectivity index (χ1v) is 6.24. The van der Waals surface area contributed by atoms with Crippen molar-refractivity contribution in [3.8, 4) is 0 Å². The van der Waals surface area contributed by atoms with Crippen molar-refractivity contribution < 1.29 is 0 Å². The molecule has 0 unspecified atom stereocenters. The predicted octanol–water partition coefficient (Wildman–Crippen LogP) is 2.55. The molecular formula is C14H12N4S. The highest BCUT2D eigenvalue weighted by Crippen LogP contribution is 2.22. The molecule has 0 saturated heterocycles. The van der Waals surface area contributed by atoms with E-state index in [2.05, 4.69) is 27.9 Å². The minimum absolute atomic E-state index is 0.375. The summed E-state index contributed by atoms with van der Waals surface area (Å²) in [6.45, 7) is 0. The van der Waals surface area contributed by atoms with E-state index in [1.807, 2.05) is 36.4 Å². The van der Waals surface area contributed by atoms with Crippen LogP contribution in [0.4, 0.5) is 5.69 Å². The van der Waals surface area contributed by atoms with Crippen LogP contribution in [0.1, 0.15) is 0 Å². The average Bonchev–Trinajstić information content (AvgIpc) is 2.45. The fourth-order valence-electron chi connectivity index (χ4n) is 2.02. The predicted molar refractivity (Wildman–Crippen MR) is 82.8 cm³/mol. The summed E-state index contributed by atoms with van der Waals surface area (Å²) in [7, 11) is 0. The molecule has 3 aromatic rings. The first kappa shape index (κ1) is 11.8. The van der Waals surface area contributed by atoms with Crippen LogP contribution >= 0.6 is 12.2 Å². The number of nitrogens with one attached hydrogen (secondary N) is 2. The zero-order chi connectivity index (χ0) is 13.2. The molecule has 0 amide bonds. The Hall–Kier alpha value is -2.24. The molecule has 4 N–H and O–H groups in total. The van der Waals surface area contributed by atoms with Crippen molar-refractivity contribution in [3.63, 3.8) is 0 Å². The van der Waals surface area contributed by atoms with Crippen LogP contribution in [0, 0.1) is 0 Å². The molecular weight excluding hydrogens is 256 g/mol. The first-order valence-electron chi connectivity index (χ1n) is 5.83. The maximum Gasteiger partial charge on any atom is 0.185 e. The lowest BCUT2D eigenvalue weighted by Gasteiger charge is -2.08. The summed E-state index contributed by atoms with van der Waals surface area (Å²) in [6, 6.07) is 16.1. The number of aromatic nitrogens is 1. The number of hydrogen-bond acceptors (Lipinski definition) is 3. The van der Waals surface area contributed by atoms with Gasteiger partial charge in [0.05, 0.1) is 11.0 Å². The average molecular weight is 268 g/mol. The second-order valence-electron chi connectivity index (χ2n) is 4.19. The highest BCUT2D eigenvalue weighted by molar-refractivity contribution is 7.80. The molecule has 5 heteroatoms. The van der Waals surface area contributed by atoms with Gasteiger partial charge in [0.25, 0.3) is 0 Å². The highest BCUT2D eigenvalue weighted by Gasteiger charge is 2.01. The fourth-order valence-corrected chi connectivity index (χ4v) is 2.13. The van der Waals surface area contributed by atoms with Crippen LogP contribution in [-0.4, -0.2) is 10.1 Å². The van der Waals surface area contributed by atoms with E-state index in [0.717, 1.165) is 27.5 Å². The number of pyridine rings is 1. The van der Waals surface area contributed by atoms with E-state index in [9.17, 15) is 0 Å². The Balaban J connectivity index is 2.11. The van der Waals surface area contributed by atoms with E-state index < -0.39 is 0 Å². The Bertz CT molecular complexity index is 770. The fraction of sp³-hybridized carbons (Fsp3) is 0. The molecule has 1 heterocycles. The van der Waals surface area contributed by atoms with Crippen LogP contribution in [0.15, 0.2) is 48.5 Å². The molecule has 0 spiro atoms. The first-order chi connectivity index (χ1) is 9.26. The summed E-state index contributed by atoms with van der Waals surface area (Å²) in [6.07, 6.45) is 0. The van der Waals surface area contributed by atoms with Gasteiger partial charge in [-0.1, -0.05) is 24.3 Å². The molecule has 19 heavy (non-hydrogen) atoms. The third-order valence-corrected chi connectivity index (χ3v) is 3.13. The number of nitrogens with two attached hydrogens (primary N) is 1. The van der Waals surface area contributed by atoms with Crippen LogP contribution in [0.5, 0.6) is 0 Å². The largest absolute Gasteiger partial charge is 0.332 e. The Kier molecular flexibility index (Phi) is 2.98. The topological polar surface area (TPSA) is 63.0 Å². The minimum Gasteiger partial charge on any atom is -0.332 e. The molecule has 0 atom stereocenters. The molecule has 3 rings (SSSR count). The summed E-state index contributed by atoms with van der Waals surface area (Å²) in [4.78, 5) is 4.64. The van der Waals surface area contributed by atoms with Gasteiger partial charge in [-0.05, 0) is 36.5 Å². The Morgan fingerprint density at radius 1 is 1.00 bits per heavy atom. The maximum atomic E-state index is 5.24. The summed E-state index contributed by atoms with van der Waals surface area (Å²) < 4.78 is 0. The zero-order valence-electron chi connectivity index (χ0n) is 10.1. The zero-order valence-corrected chi connectivity index (χ0v) is 10.9. The van der Waals surface area contributed by atoms with Crippen molar-refractivity contribution >= 4 is 44.8 Å². The van der Waals surface area contributed by atoms with Crippen molar-refractivity contribution in [3.05, 3.63) is 48.5 Å². The van der Waals surface area contributed by atoms with E-state index in [-0.39, 0.29) is 0 Å². The van der Waals surface area contributed by atoms with E-state index in [1.165, 1.54) is 0 Å². The summed E-state index contributed by atoms with van der Waals surface area (Å²) >= 11 is 4.97. The van der Waals surface area contributed by atoms with Crippen LogP contribution in [0.3, 0.4) is 0 Å². The monoisotopic (exact) mass is 268 g/mol. The van der Waals surface area contributed by atoms with Crippen molar-refractivity contribution in [1.82, 2.24) is 10.4 Å². The van der Waals surface area contributed by atoms with Crippen LogP contribution < -0.4 is 16.6 Å². The SMILES string of the molecule is NNC(=S)Nc1ccc2cc3ccccc3nc2c1. The van der Waals surface area contributed by atoms with Gasteiger partial charge in [-0.25, -0.2) is 10.8 Å². The summed E-state index contributed by atoms with van der Waals surface area (Å²) in [5, 5.41) is 5.59. The number of fused-ring (bicyclic) bond motifs is 2. The van der Waals surface area contributed by atoms with Gasteiger partial charge in [-0.15, -0.1) is 0 Å². The Morgan fingerprint density at radius 2 is 1.79 bits per heavy atom. The van der Waals surface area contributed by atoms with Gasteiger partial charge in [0.2, 0.25) is 0 Å². The number of nitrogens with zero attached hydrogens (tertiary/aromatic N) is 1. The van der Waals surface area contributed by atoms with E-state index in [1.54, 1.807) is 0 Å². The molecule has 4 nitrogen and oxygen atoms in total. The molecule has 94 valence electrons. The molecule has 0 aliphatic heterocycles. The van der Waals surface area contributed by atoms with E-state index >= 15 is 0 Å². The molecule has 0 radical (unpaired) electrons. The molecule has 0 aliphatic carbocycles. The second-order valence-corrected chi connectivity index (χ2v) is 4.60. The number of anilines is 1. The number of hydrogen-bond donors (Lipinski definition) is 3. The van der Waals surface area contributed by atoms with Crippen LogP contribution in [0.2, 0.25) is 0 Å². The number of thiocarbonyl (C=S) groups is 1. The van der Waals surface area contributed by atoms with Gasteiger partial charge in [0.15, 0.2) is 5.11 Å². The van der Waals surface area contributed by atoms with Gasteiger partial charge in [-0.2, -0.15) is 0 Å². The quantitative estimate of drug-likeness (QED) is 0.274. The second kappa shape index (κ2) is 4.79. The standard InChI is InChI=1S/C14H12N4S/c15-18-14(19)16-11-6-5-10-7-9-3-1-2-4-12(9)17-13(10)8-11/h1-8H,15H2,(H2,16,18,19).